The van der Waals surface area contributed by atoms with Gasteiger partial charge in [-0.15, -0.1) is 0 Å². The lowest BCUT2D eigenvalue weighted by Crippen LogP contribution is -2.43. The van der Waals surface area contributed by atoms with Crippen LogP contribution in [0.3, 0.4) is 0 Å². The molecule has 0 unspecified atom stereocenters. The van der Waals surface area contributed by atoms with Crippen LogP contribution in [0, 0.1) is 10.1 Å². The Kier molecular flexibility index (Phi) is 2.97. The Morgan fingerprint density at radius 3 is 2.73 bits per heavy atom. The Morgan fingerprint density at radius 1 is 1.33 bits per heavy atom. The number of hydrogen-bond donors (Lipinski definition) is 1. The molecule has 0 amide bonds. The van der Waals surface area contributed by atoms with Gasteiger partial charge in [-0.3, -0.25) is 10.1 Å². The van der Waals surface area contributed by atoms with Crippen LogP contribution in [0.5, 0.6) is 0 Å². The maximum absolute atomic E-state index is 10.9. The Balaban J connectivity index is 2.22. The highest BCUT2D eigenvalue weighted by molar-refractivity contribution is 5.21. The van der Waals surface area contributed by atoms with E-state index in [-0.39, 0.29) is 10.8 Å². The summed E-state index contributed by atoms with van der Waals surface area (Å²) in [5, 5.41) is 14.0. The number of nitro groups is 1. The Hall–Kier alpha value is -1.42. The van der Waals surface area contributed by atoms with E-state index in [0.29, 0.717) is 6.54 Å². The molecule has 1 aromatic carbocycles. The highest BCUT2D eigenvalue weighted by atomic mass is 16.6. The van der Waals surface area contributed by atoms with E-state index in [1.54, 1.807) is 0 Å². The second-order valence-electron chi connectivity index (χ2n) is 3.86. The molecule has 1 saturated heterocycles. The Morgan fingerprint density at radius 2 is 2.07 bits per heavy atom. The summed E-state index contributed by atoms with van der Waals surface area (Å²) in [5.41, 5.74) is 1.08. The molecular weight excluding hydrogens is 192 g/mol. The van der Waals surface area contributed by atoms with E-state index < -0.39 is 6.04 Å². The molecule has 1 aliphatic heterocycles. The van der Waals surface area contributed by atoms with Crippen molar-refractivity contribution in [3.05, 3.63) is 46.0 Å². The van der Waals surface area contributed by atoms with Gasteiger partial charge in [0.05, 0.1) is 12.5 Å². The number of piperidine rings is 1. The molecule has 1 heterocycles. The fourth-order valence-electron chi connectivity index (χ4n) is 2.15. The van der Waals surface area contributed by atoms with Crippen LogP contribution in [-0.2, 0) is 0 Å². The standard InChI is InChI=1S/C11H14N2O2/c14-13(15)11-8-12-7-6-10(11)9-4-2-1-3-5-9/h1-5,10-12H,6-8H2/t10-,11+/m1/s1. The highest BCUT2D eigenvalue weighted by Crippen LogP contribution is 2.26. The van der Waals surface area contributed by atoms with E-state index in [1.165, 1.54) is 0 Å². The minimum Gasteiger partial charge on any atom is -0.310 e. The molecule has 4 nitrogen and oxygen atoms in total. The molecule has 0 spiro atoms. The fraction of sp³-hybridized carbons (Fsp3) is 0.455. The molecule has 0 aromatic heterocycles. The zero-order valence-electron chi connectivity index (χ0n) is 8.43. The van der Waals surface area contributed by atoms with Gasteiger partial charge in [-0.25, -0.2) is 0 Å². The van der Waals surface area contributed by atoms with Gasteiger partial charge in [-0.1, -0.05) is 30.3 Å². The topological polar surface area (TPSA) is 55.2 Å². The summed E-state index contributed by atoms with van der Waals surface area (Å²) < 4.78 is 0. The highest BCUT2D eigenvalue weighted by Gasteiger charge is 2.34. The van der Waals surface area contributed by atoms with Crippen molar-refractivity contribution in [2.24, 2.45) is 0 Å². The third-order valence-electron chi connectivity index (χ3n) is 2.95. The lowest BCUT2D eigenvalue weighted by atomic mass is 9.86. The van der Waals surface area contributed by atoms with Gasteiger partial charge in [0.2, 0.25) is 6.04 Å². The lowest BCUT2D eigenvalue weighted by Gasteiger charge is -2.26. The molecule has 1 N–H and O–H groups in total. The van der Waals surface area contributed by atoms with Crippen LogP contribution in [0.15, 0.2) is 30.3 Å². The summed E-state index contributed by atoms with van der Waals surface area (Å²) in [6.07, 6.45) is 0.843. The van der Waals surface area contributed by atoms with Crippen molar-refractivity contribution < 1.29 is 4.92 Å². The normalized spacial score (nSPS) is 26.1. The molecule has 80 valence electrons. The summed E-state index contributed by atoms with van der Waals surface area (Å²) >= 11 is 0. The average molecular weight is 206 g/mol. The first-order valence-corrected chi connectivity index (χ1v) is 5.18. The SMILES string of the molecule is O=[N+]([O-])[C@H]1CNCC[C@@H]1c1ccccc1. The second-order valence-corrected chi connectivity index (χ2v) is 3.86. The molecule has 2 atom stereocenters. The molecule has 0 saturated carbocycles. The van der Waals surface area contributed by atoms with E-state index >= 15 is 0 Å². The molecule has 1 fully saturated rings. The van der Waals surface area contributed by atoms with Gasteiger partial charge in [0, 0.05) is 4.92 Å². The number of hydrogen-bond acceptors (Lipinski definition) is 3. The van der Waals surface area contributed by atoms with Gasteiger partial charge in [0.15, 0.2) is 0 Å². The van der Waals surface area contributed by atoms with Crippen molar-refractivity contribution in [3.63, 3.8) is 0 Å². The van der Waals surface area contributed by atoms with E-state index in [1.807, 2.05) is 30.3 Å². The zero-order valence-corrected chi connectivity index (χ0v) is 8.43. The van der Waals surface area contributed by atoms with Gasteiger partial charge in [0.25, 0.3) is 0 Å². The third kappa shape index (κ3) is 2.15. The van der Waals surface area contributed by atoms with Crippen LogP contribution in [0.4, 0.5) is 0 Å². The predicted octanol–water partition coefficient (Wildman–Crippen LogP) is 1.41. The predicted molar refractivity (Wildman–Crippen MR) is 57.5 cm³/mol. The quantitative estimate of drug-likeness (QED) is 0.588. The lowest BCUT2D eigenvalue weighted by molar-refractivity contribution is -0.526. The van der Waals surface area contributed by atoms with E-state index in [2.05, 4.69) is 5.32 Å². The first-order chi connectivity index (χ1) is 7.29. The van der Waals surface area contributed by atoms with Crippen LogP contribution < -0.4 is 5.32 Å². The first kappa shape index (κ1) is 10.1. The van der Waals surface area contributed by atoms with Crippen molar-refractivity contribution in [2.75, 3.05) is 13.1 Å². The summed E-state index contributed by atoms with van der Waals surface area (Å²) in [5.74, 6) is 0.0578. The Bertz CT molecular complexity index is 340. The molecule has 1 aromatic rings. The molecule has 4 heteroatoms. The second kappa shape index (κ2) is 4.40. The van der Waals surface area contributed by atoms with Crippen LogP contribution >= 0.6 is 0 Å². The smallest absolute Gasteiger partial charge is 0.232 e. The molecule has 0 bridgehead atoms. The summed E-state index contributed by atoms with van der Waals surface area (Å²) in [7, 11) is 0. The molecule has 0 aliphatic carbocycles. The van der Waals surface area contributed by atoms with Gasteiger partial charge in [-0.05, 0) is 18.5 Å². The summed E-state index contributed by atoms with van der Waals surface area (Å²) in [4.78, 5) is 10.7. The van der Waals surface area contributed by atoms with Gasteiger partial charge in [0.1, 0.15) is 0 Å². The van der Waals surface area contributed by atoms with Crippen LogP contribution in [0.2, 0.25) is 0 Å². The average Bonchev–Trinajstić information content (AvgIpc) is 2.30. The first-order valence-electron chi connectivity index (χ1n) is 5.18. The van der Waals surface area contributed by atoms with Crippen LogP contribution in [0.1, 0.15) is 17.9 Å². The fourth-order valence-corrected chi connectivity index (χ4v) is 2.15. The van der Waals surface area contributed by atoms with Crippen molar-refractivity contribution in [1.82, 2.24) is 5.32 Å². The monoisotopic (exact) mass is 206 g/mol. The largest absolute Gasteiger partial charge is 0.310 e. The van der Waals surface area contributed by atoms with Crippen molar-refractivity contribution in [2.45, 2.75) is 18.4 Å². The molecule has 1 aliphatic rings. The van der Waals surface area contributed by atoms with E-state index in [9.17, 15) is 10.1 Å². The number of nitrogens with zero attached hydrogens (tertiary/aromatic N) is 1. The van der Waals surface area contributed by atoms with Crippen molar-refractivity contribution in [1.29, 1.82) is 0 Å². The minimum absolute atomic E-state index is 0.0578. The molecule has 2 rings (SSSR count). The maximum Gasteiger partial charge on any atom is 0.232 e. The van der Waals surface area contributed by atoms with Crippen LogP contribution in [0.25, 0.3) is 0 Å². The minimum atomic E-state index is -0.485. The molecule has 15 heavy (non-hydrogen) atoms. The van der Waals surface area contributed by atoms with Crippen molar-refractivity contribution >= 4 is 0 Å². The van der Waals surface area contributed by atoms with E-state index in [4.69, 9.17) is 0 Å². The van der Waals surface area contributed by atoms with Gasteiger partial charge in [-0.2, -0.15) is 0 Å². The van der Waals surface area contributed by atoms with E-state index in [0.717, 1.165) is 18.5 Å². The summed E-state index contributed by atoms with van der Waals surface area (Å²) in [6, 6.07) is 9.29. The van der Waals surface area contributed by atoms with Gasteiger partial charge < -0.3 is 5.32 Å². The summed E-state index contributed by atoms with van der Waals surface area (Å²) in [6.45, 7) is 1.34. The zero-order chi connectivity index (χ0) is 10.7. The van der Waals surface area contributed by atoms with Crippen LogP contribution in [-0.4, -0.2) is 24.1 Å². The molecule has 0 radical (unpaired) electrons. The number of rotatable bonds is 2. The Labute approximate surface area is 88.5 Å². The maximum atomic E-state index is 10.9. The van der Waals surface area contributed by atoms with Crippen molar-refractivity contribution in [3.8, 4) is 0 Å². The number of nitrogens with one attached hydrogen (secondary N) is 1. The third-order valence-corrected chi connectivity index (χ3v) is 2.95. The molecular formula is C11H14N2O2. The van der Waals surface area contributed by atoms with Gasteiger partial charge >= 0.3 is 0 Å². The number of benzene rings is 1.